The molecule has 5 nitrogen and oxygen atoms in total. The first-order valence-electron chi connectivity index (χ1n) is 6.77. The molecule has 0 spiro atoms. The van der Waals surface area contributed by atoms with Crippen LogP contribution in [0.5, 0.6) is 0 Å². The van der Waals surface area contributed by atoms with Crippen molar-refractivity contribution in [1.82, 2.24) is 14.6 Å². The van der Waals surface area contributed by atoms with Crippen molar-refractivity contribution in [2.75, 3.05) is 11.9 Å². The summed E-state index contributed by atoms with van der Waals surface area (Å²) in [6, 6.07) is 1.18. The van der Waals surface area contributed by atoms with Gasteiger partial charge in [0.1, 0.15) is 5.52 Å². The van der Waals surface area contributed by atoms with Crippen molar-refractivity contribution in [3.8, 4) is 0 Å². The lowest BCUT2D eigenvalue weighted by molar-refractivity contribution is -0.141. The Morgan fingerprint density at radius 2 is 2.19 bits per heavy atom. The third kappa shape index (κ3) is 2.80. The number of hydrogen-bond acceptors (Lipinski definition) is 4. The molecule has 0 unspecified atom stereocenters. The first-order chi connectivity index (χ1) is 9.97. The Hall–Kier alpha value is -1.83. The topological polar surface area (TPSA) is 51.5 Å². The number of halogens is 3. The number of ether oxygens (including phenoxy) is 1. The second-order valence-electron chi connectivity index (χ2n) is 5.02. The summed E-state index contributed by atoms with van der Waals surface area (Å²) in [5, 5.41) is 6.68. The van der Waals surface area contributed by atoms with Crippen LogP contribution in [0.25, 0.3) is 5.52 Å². The molecule has 0 bridgehead atoms. The molecule has 2 aromatic heterocycles. The van der Waals surface area contributed by atoms with Crippen molar-refractivity contribution >= 4 is 11.3 Å². The fourth-order valence-corrected chi connectivity index (χ4v) is 2.42. The Bertz CT molecular complexity index is 634. The van der Waals surface area contributed by atoms with Gasteiger partial charge in [0.15, 0.2) is 11.5 Å². The smallest absolute Gasteiger partial charge is 0.378 e. The van der Waals surface area contributed by atoms with E-state index in [0.717, 1.165) is 18.9 Å². The molecule has 21 heavy (non-hydrogen) atoms. The monoisotopic (exact) mass is 300 g/mol. The van der Waals surface area contributed by atoms with Crippen LogP contribution in [0.1, 0.15) is 25.5 Å². The van der Waals surface area contributed by atoms with Crippen molar-refractivity contribution in [3.05, 3.63) is 24.2 Å². The van der Waals surface area contributed by atoms with E-state index in [2.05, 4.69) is 15.4 Å². The minimum absolute atomic E-state index is 0.171. The third-order valence-corrected chi connectivity index (χ3v) is 3.52. The number of hydrogen-bond donors (Lipinski definition) is 1. The Kier molecular flexibility index (Phi) is 3.48. The van der Waals surface area contributed by atoms with Gasteiger partial charge in [0, 0.05) is 31.1 Å². The average molecular weight is 300 g/mol. The predicted molar refractivity (Wildman–Crippen MR) is 70.0 cm³/mol. The van der Waals surface area contributed by atoms with Gasteiger partial charge in [0.2, 0.25) is 0 Å². The Morgan fingerprint density at radius 3 is 2.86 bits per heavy atom. The SMILES string of the molecule is CCOC1CC(Nc2nccn3nc(C(F)(F)F)cc23)C1. The summed E-state index contributed by atoms with van der Waals surface area (Å²) in [5.74, 6) is 0.417. The van der Waals surface area contributed by atoms with E-state index in [1.807, 2.05) is 6.92 Å². The summed E-state index contributed by atoms with van der Waals surface area (Å²) in [4.78, 5) is 4.12. The minimum atomic E-state index is -4.46. The van der Waals surface area contributed by atoms with Gasteiger partial charge in [-0.25, -0.2) is 9.50 Å². The maximum absolute atomic E-state index is 12.7. The van der Waals surface area contributed by atoms with E-state index in [9.17, 15) is 13.2 Å². The van der Waals surface area contributed by atoms with Crippen LogP contribution in [0.3, 0.4) is 0 Å². The molecule has 1 aliphatic rings. The van der Waals surface area contributed by atoms with Gasteiger partial charge in [-0.3, -0.25) is 0 Å². The molecular weight excluding hydrogens is 285 g/mol. The highest BCUT2D eigenvalue weighted by Gasteiger charge is 2.35. The number of aromatic nitrogens is 3. The van der Waals surface area contributed by atoms with Gasteiger partial charge in [0.05, 0.1) is 6.10 Å². The molecule has 2 aromatic rings. The summed E-state index contributed by atoms with van der Waals surface area (Å²) in [5.41, 5.74) is -0.593. The number of rotatable bonds is 4. The zero-order valence-electron chi connectivity index (χ0n) is 11.4. The molecule has 1 fully saturated rings. The molecule has 1 aliphatic carbocycles. The number of nitrogens with one attached hydrogen (secondary N) is 1. The highest BCUT2D eigenvalue weighted by atomic mass is 19.4. The highest BCUT2D eigenvalue weighted by molar-refractivity contribution is 5.68. The molecule has 8 heteroatoms. The van der Waals surface area contributed by atoms with E-state index in [-0.39, 0.29) is 12.1 Å². The normalized spacial score (nSPS) is 22.3. The van der Waals surface area contributed by atoms with Crippen molar-refractivity contribution in [2.45, 2.75) is 38.1 Å². The fourth-order valence-electron chi connectivity index (χ4n) is 2.42. The summed E-state index contributed by atoms with van der Waals surface area (Å²) < 4.78 is 44.7. The van der Waals surface area contributed by atoms with Gasteiger partial charge in [0.25, 0.3) is 0 Å². The average Bonchev–Trinajstić information content (AvgIpc) is 2.81. The van der Waals surface area contributed by atoms with Crippen LogP contribution in [0.15, 0.2) is 18.5 Å². The van der Waals surface area contributed by atoms with Gasteiger partial charge in [-0.2, -0.15) is 18.3 Å². The standard InChI is InChI=1S/C13H15F3N4O/c1-2-21-9-5-8(6-9)18-12-10-7-11(13(14,15)16)19-20(10)4-3-17-12/h3-4,7-9H,2,5-6H2,1H3,(H,17,18). The summed E-state index contributed by atoms with van der Waals surface area (Å²) >= 11 is 0. The van der Waals surface area contributed by atoms with Crippen LogP contribution in [0.2, 0.25) is 0 Å². The van der Waals surface area contributed by atoms with Crippen molar-refractivity contribution in [3.63, 3.8) is 0 Å². The van der Waals surface area contributed by atoms with Gasteiger partial charge in [-0.1, -0.05) is 0 Å². The summed E-state index contributed by atoms with van der Waals surface area (Å²) in [6.45, 7) is 2.61. The largest absolute Gasteiger partial charge is 0.435 e. The number of fused-ring (bicyclic) bond motifs is 1. The highest BCUT2D eigenvalue weighted by Crippen LogP contribution is 2.31. The van der Waals surface area contributed by atoms with E-state index in [1.54, 1.807) is 0 Å². The lowest BCUT2D eigenvalue weighted by Gasteiger charge is -2.35. The van der Waals surface area contributed by atoms with E-state index >= 15 is 0 Å². The number of nitrogens with zero attached hydrogens (tertiary/aromatic N) is 3. The van der Waals surface area contributed by atoms with E-state index in [4.69, 9.17) is 4.74 Å². The van der Waals surface area contributed by atoms with E-state index in [1.165, 1.54) is 16.9 Å². The maximum Gasteiger partial charge on any atom is 0.435 e. The van der Waals surface area contributed by atoms with Crippen LogP contribution in [0.4, 0.5) is 19.0 Å². The molecule has 1 N–H and O–H groups in total. The minimum Gasteiger partial charge on any atom is -0.378 e. The second kappa shape index (κ2) is 5.18. The summed E-state index contributed by atoms with van der Waals surface area (Å²) in [7, 11) is 0. The Morgan fingerprint density at radius 1 is 1.43 bits per heavy atom. The van der Waals surface area contributed by atoms with Crippen LogP contribution in [-0.2, 0) is 10.9 Å². The molecule has 0 atom stereocenters. The first-order valence-corrected chi connectivity index (χ1v) is 6.77. The van der Waals surface area contributed by atoms with Crippen LogP contribution in [-0.4, -0.2) is 33.4 Å². The molecule has 2 heterocycles. The van der Waals surface area contributed by atoms with E-state index < -0.39 is 11.9 Å². The zero-order chi connectivity index (χ0) is 15.0. The molecule has 0 saturated heterocycles. The molecule has 0 radical (unpaired) electrons. The van der Waals surface area contributed by atoms with Crippen molar-refractivity contribution in [2.24, 2.45) is 0 Å². The molecule has 3 rings (SSSR count). The van der Waals surface area contributed by atoms with Crippen LogP contribution in [0, 0.1) is 0 Å². The third-order valence-electron chi connectivity index (χ3n) is 3.52. The Balaban J connectivity index is 1.78. The molecule has 0 aliphatic heterocycles. The molecule has 0 aromatic carbocycles. The van der Waals surface area contributed by atoms with Crippen LogP contribution >= 0.6 is 0 Å². The van der Waals surface area contributed by atoms with Gasteiger partial charge >= 0.3 is 6.18 Å². The Labute approximate surface area is 119 Å². The molecular formula is C13H15F3N4O. The van der Waals surface area contributed by atoms with Crippen molar-refractivity contribution in [1.29, 1.82) is 0 Å². The van der Waals surface area contributed by atoms with E-state index in [0.29, 0.717) is 17.9 Å². The molecule has 1 saturated carbocycles. The van der Waals surface area contributed by atoms with Crippen LogP contribution < -0.4 is 5.32 Å². The quantitative estimate of drug-likeness (QED) is 0.943. The molecule has 0 amide bonds. The van der Waals surface area contributed by atoms with Crippen molar-refractivity contribution < 1.29 is 17.9 Å². The second-order valence-corrected chi connectivity index (χ2v) is 5.02. The summed E-state index contributed by atoms with van der Waals surface area (Å²) in [6.07, 6.45) is 0.261. The fraction of sp³-hybridized carbons (Fsp3) is 0.538. The zero-order valence-corrected chi connectivity index (χ0v) is 11.4. The van der Waals surface area contributed by atoms with Gasteiger partial charge in [-0.15, -0.1) is 0 Å². The van der Waals surface area contributed by atoms with Gasteiger partial charge < -0.3 is 10.1 Å². The maximum atomic E-state index is 12.7. The number of alkyl halides is 3. The first kappa shape index (κ1) is 14.1. The van der Waals surface area contributed by atoms with Gasteiger partial charge in [-0.05, 0) is 19.8 Å². The lowest BCUT2D eigenvalue weighted by Crippen LogP contribution is -2.41. The molecule has 114 valence electrons. The lowest BCUT2D eigenvalue weighted by atomic mass is 9.89. The predicted octanol–water partition coefficient (Wildman–Crippen LogP) is 2.73. The number of anilines is 1.